The third-order valence-corrected chi connectivity index (χ3v) is 7.04. The number of esters is 1. The molecule has 184 valence electrons. The summed E-state index contributed by atoms with van der Waals surface area (Å²) < 4.78 is 5.17. The van der Waals surface area contributed by atoms with Crippen LogP contribution in [0.25, 0.3) is 0 Å². The number of amides is 2. The fourth-order valence-electron chi connectivity index (χ4n) is 3.72. The molecule has 1 N–H and O–H groups in total. The predicted molar refractivity (Wildman–Crippen MR) is 143 cm³/mol. The molecule has 0 spiro atoms. The normalized spacial score (nSPS) is 13.4. The van der Waals surface area contributed by atoms with E-state index >= 15 is 0 Å². The van der Waals surface area contributed by atoms with E-state index in [0.717, 1.165) is 38.6 Å². The Balaban J connectivity index is 1.68. The molecule has 0 radical (unpaired) electrons. The van der Waals surface area contributed by atoms with Crippen LogP contribution in [0, 0.1) is 20.8 Å². The Morgan fingerprint density at radius 1 is 0.917 bits per heavy atom. The Morgan fingerprint density at radius 2 is 1.61 bits per heavy atom. The molecule has 36 heavy (non-hydrogen) atoms. The molecule has 3 aromatic rings. The second-order valence-corrected chi connectivity index (χ2v) is 9.70. The van der Waals surface area contributed by atoms with Gasteiger partial charge in [0.25, 0.3) is 11.8 Å². The molecule has 1 aliphatic rings. The number of thioether (sulfide) groups is 1. The molecule has 3 aromatic carbocycles. The fourth-order valence-corrected chi connectivity index (χ4v) is 4.65. The van der Waals surface area contributed by atoms with Crippen molar-refractivity contribution in [3.8, 4) is 0 Å². The highest BCUT2D eigenvalue weighted by atomic mass is 32.2. The van der Waals surface area contributed by atoms with Crippen molar-refractivity contribution in [2.75, 3.05) is 16.8 Å². The monoisotopic (exact) mass is 500 g/mol. The van der Waals surface area contributed by atoms with Gasteiger partial charge in [0.05, 0.1) is 17.9 Å². The zero-order valence-corrected chi connectivity index (χ0v) is 21.6. The summed E-state index contributed by atoms with van der Waals surface area (Å²) in [4.78, 5) is 41.7. The number of imide groups is 1. The lowest BCUT2D eigenvalue weighted by Gasteiger charge is -2.16. The van der Waals surface area contributed by atoms with Gasteiger partial charge in [-0.25, -0.2) is 9.69 Å². The SMILES string of the molecule is CCCOC(=O)c1ccc(N2C(=O)C(Nc3cccc(C)c3C)=C(Sc3ccc(C)cc3)C2=O)cc1. The number of hydrogen-bond donors (Lipinski definition) is 1. The zero-order chi connectivity index (χ0) is 25.8. The first-order valence-electron chi connectivity index (χ1n) is 11.8. The van der Waals surface area contributed by atoms with Gasteiger partial charge in [-0.3, -0.25) is 9.59 Å². The van der Waals surface area contributed by atoms with Gasteiger partial charge in [-0.1, -0.05) is 48.5 Å². The van der Waals surface area contributed by atoms with Gasteiger partial charge in [0.2, 0.25) is 0 Å². The predicted octanol–water partition coefficient (Wildman–Crippen LogP) is 6.17. The average molecular weight is 501 g/mol. The van der Waals surface area contributed by atoms with Gasteiger partial charge >= 0.3 is 5.97 Å². The topological polar surface area (TPSA) is 75.7 Å². The Bertz CT molecular complexity index is 1340. The van der Waals surface area contributed by atoms with Crippen LogP contribution in [0.4, 0.5) is 11.4 Å². The summed E-state index contributed by atoms with van der Waals surface area (Å²) in [5, 5.41) is 3.24. The maximum Gasteiger partial charge on any atom is 0.338 e. The Labute approximate surface area is 215 Å². The van der Waals surface area contributed by atoms with Gasteiger partial charge < -0.3 is 10.1 Å². The van der Waals surface area contributed by atoms with Crippen molar-refractivity contribution in [3.63, 3.8) is 0 Å². The summed E-state index contributed by atoms with van der Waals surface area (Å²) >= 11 is 1.26. The summed E-state index contributed by atoms with van der Waals surface area (Å²) in [5.74, 6) is -1.30. The molecule has 0 saturated carbocycles. The number of benzene rings is 3. The molecule has 0 fully saturated rings. The van der Waals surface area contributed by atoms with Crippen molar-refractivity contribution in [2.45, 2.75) is 39.0 Å². The van der Waals surface area contributed by atoms with Crippen LogP contribution in [0.5, 0.6) is 0 Å². The van der Waals surface area contributed by atoms with Crippen LogP contribution >= 0.6 is 11.8 Å². The first-order chi connectivity index (χ1) is 17.3. The lowest BCUT2D eigenvalue weighted by atomic mass is 10.1. The number of ether oxygens (including phenoxy) is 1. The highest BCUT2D eigenvalue weighted by Gasteiger charge is 2.40. The number of anilines is 2. The lowest BCUT2D eigenvalue weighted by molar-refractivity contribution is -0.120. The van der Waals surface area contributed by atoms with Crippen molar-refractivity contribution >= 4 is 40.9 Å². The number of aryl methyl sites for hydroxylation is 2. The smallest absolute Gasteiger partial charge is 0.338 e. The number of nitrogens with zero attached hydrogens (tertiary/aromatic N) is 1. The van der Waals surface area contributed by atoms with E-state index in [0.29, 0.717) is 22.8 Å². The molecular weight excluding hydrogens is 472 g/mol. The minimum Gasteiger partial charge on any atom is -0.462 e. The molecule has 1 aliphatic heterocycles. The second kappa shape index (κ2) is 10.8. The van der Waals surface area contributed by atoms with Crippen molar-refractivity contribution in [1.82, 2.24) is 0 Å². The molecule has 6 nitrogen and oxygen atoms in total. The van der Waals surface area contributed by atoms with Crippen LogP contribution in [0.15, 0.2) is 82.2 Å². The molecule has 4 rings (SSSR count). The summed E-state index contributed by atoms with van der Waals surface area (Å²) in [6.07, 6.45) is 0.726. The van der Waals surface area contributed by atoms with E-state index in [1.165, 1.54) is 11.8 Å². The first kappa shape index (κ1) is 25.3. The summed E-state index contributed by atoms with van der Waals surface area (Å²) in [5.41, 5.74) is 4.93. The molecule has 1 heterocycles. The summed E-state index contributed by atoms with van der Waals surface area (Å²) in [7, 11) is 0. The third-order valence-electron chi connectivity index (χ3n) is 5.95. The fraction of sp³-hybridized carbons (Fsp3) is 0.207. The molecule has 2 amide bonds. The van der Waals surface area contributed by atoms with E-state index in [4.69, 9.17) is 4.74 Å². The number of hydrogen-bond acceptors (Lipinski definition) is 6. The van der Waals surface area contributed by atoms with Crippen molar-refractivity contribution in [1.29, 1.82) is 0 Å². The molecule has 0 aromatic heterocycles. The lowest BCUT2D eigenvalue weighted by Crippen LogP contribution is -2.32. The van der Waals surface area contributed by atoms with Crippen LogP contribution in [-0.2, 0) is 14.3 Å². The molecule has 0 saturated heterocycles. The quantitative estimate of drug-likeness (QED) is 0.295. The standard InChI is InChI=1S/C29H28N2O4S/c1-5-17-35-29(34)21-11-13-22(14-12-21)31-27(32)25(30-24-8-6-7-19(3)20(24)4)26(28(31)33)36-23-15-9-18(2)10-16-23/h6-16,30H,5,17H2,1-4H3. The molecular formula is C29H28N2O4S. The Kier molecular flexibility index (Phi) is 7.60. The van der Waals surface area contributed by atoms with Crippen LogP contribution in [0.1, 0.15) is 40.4 Å². The van der Waals surface area contributed by atoms with Crippen LogP contribution in [-0.4, -0.2) is 24.4 Å². The maximum atomic E-state index is 13.6. The van der Waals surface area contributed by atoms with Crippen molar-refractivity contribution < 1.29 is 19.1 Å². The molecule has 7 heteroatoms. The van der Waals surface area contributed by atoms with Crippen LogP contribution < -0.4 is 10.2 Å². The Hall–Kier alpha value is -3.84. The van der Waals surface area contributed by atoms with Gasteiger partial charge in [-0.2, -0.15) is 0 Å². The Morgan fingerprint density at radius 3 is 2.28 bits per heavy atom. The van der Waals surface area contributed by atoms with E-state index in [1.807, 2.05) is 70.2 Å². The number of carbonyl (C=O) groups excluding carboxylic acids is 3. The molecule has 0 atom stereocenters. The van der Waals surface area contributed by atoms with Crippen molar-refractivity contribution in [2.24, 2.45) is 0 Å². The van der Waals surface area contributed by atoms with E-state index in [9.17, 15) is 14.4 Å². The second-order valence-electron chi connectivity index (χ2n) is 8.62. The van der Waals surface area contributed by atoms with Gasteiger partial charge in [0.1, 0.15) is 10.6 Å². The van der Waals surface area contributed by atoms with E-state index in [2.05, 4.69) is 5.32 Å². The van der Waals surface area contributed by atoms with Crippen molar-refractivity contribution in [3.05, 3.63) is 99.6 Å². The minimum absolute atomic E-state index is 0.228. The van der Waals surface area contributed by atoms with Gasteiger partial charge in [0.15, 0.2) is 0 Å². The number of nitrogens with one attached hydrogen (secondary N) is 1. The number of carbonyl (C=O) groups is 3. The molecule has 0 aliphatic carbocycles. The van der Waals surface area contributed by atoms with Gasteiger partial charge in [-0.15, -0.1) is 0 Å². The zero-order valence-electron chi connectivity index (χ0n) is 20.8. The largest absolute Gasteiger partial charge is 0.462 e. The van der Waals surface area contributed by atoms with Gasteiger partial charge in [0, 0.05) is 10.6 Å². The maximum absolute atomic E-state index is 13.6. The minimum atomic E-state index is -0.447. The molecule has 0 bridgehead atoms. The first-order valence-corrected chi connectivity index (χ1v) is 12.6. The highest BCUT2D eigenvalue weighted by molar-refractivity contribution is 8.04. The van der Waals surface area contributed by atoms with E-state index in [1.54, 1.807) is 24.3 Å². The summed E-state index contributed by atoms with van der Waals surface area (Å²) in [6, 6.07) is 19.9. The van der Waals surface area contributed by atoms with E-state index in [-0.39, 0.29) is 5.70 Å². The number of rotatable bonds is 8. The average Bonchev–Trinajstić information content (AvgIpc) is 3.10. The molecule has 0 unspecified atom stereocenters. The van der Waals surface area contributed by atoms with Crippen LogP contribution in [0.2, 0.25) is 0 Å². The van der Waals surface area contributed by atoms with Crippen LogP contribution in [0.3, 0.4) is 0 Å². The van der Waals surface area contributed by atoms with Gasteiger partial charge in [-0.05, 0) is 80.8 Å². The third kappa shape index (κ3) is 5.21. The van der Waals surface area contributed by atoms with E-state index < -0.39 is 17.8 Å². The summed E-state index contributed by atoms with van der Waals surface area (Å²) in [6.45, 7) is 8.22. The highest BCUT2D eigenvalue weighted by Crippen LogP contribution is 2.38.